The lowest BCUT2D eigenvalue weighted by Crippen LogP contribution is -2.23. The molecule has 4 rings (SSSR count). The number of likely N-dealkylation sites (N-methyl/N-ethyl adjacent to an activating group) is 1. The van der Waals surface area contributed by atoms with Gasteiger partial charge < -0.3 is 15.0 Å². The minimum atomic E-state index is -0.554. The first-order chi connectivity index (χ1) is 16.3. The number of aliphatic hydroxyl groups is 1. The van der Waals surface area contributed by atoms with Crippen LogP contribution >= 0.6 is 35.2 Å². The van der Waals surface area contributed by atoms with Crippen LogP contribution in [0.5, 0.6) is 0 Å². The highest BCUT2D eigenvalue weighted by Crippen LogP contribution is 2.29. The van der Waals surface area contributed by atoms with Gasteiger partial charge in [-0.15, -0.1) is 11.3 Å². The summed E-state index contributed by atoms with van der Waals surface area (Å²) < 4.78 is 2.51. The van der Waals surface area contributed by atoms with Crippen LogP contribution in [0.3, 0.4) is 0 Å². The van der Waals surface area contributed by atoms with E-state index in [1.165, 1.54) is 0 Å². The predicted molar refractivity (Wildman–Crippen MR) is 142 cm³/mol. The number of thiophene rings is 1. The Morgan fingerprint density at radius 1 is 1.21 bits per heavy atom. The number of aliphatic hydroxyl groups excluding tert-OH is 1. The Morgan fingerprint density at radius 2 is 1.91 bits per heavy atom. The maximum Gasteiger partial charge on any atom is 0.254 e. The molecule has 1 atom stereocenters. The summed E-state index contributed by atoms with van der Waals surface area (Å²) >= 11 is 13.3. The fourth-order valence-corrected chi connectivity index (χ4v) is 5.51. The lowest BCUT2D eigenvalue weighted by molar-refractivity contribution is 0.0950. The smallest absolute Gasteiger partial charge is 0.254 e. The van der Waals surface area contributed by atoms with Crippen LogP contribution in [-0.4, -0.2) is 34.1 Å². The largest absolute Gasteiger partial charge is 0.387 e. The molecule has 0 aliphatic rings. The average molecular weight is 512 g/mol. The van der Waals surface area contributed by atoms with Crippen molar-refractivity contribution >= 4 is 51.3 Å². The Morgan fingerprint density at radius 3 is 2.62 bits per heavy atom. The van der Waals surface area contributed by atoms with Crippen LogP contribution in [0.4, 0.5) is 0 Å². The highest BCUT2D eigenvalue weighted by molar-refractivity contribution is 7.71. The first-order valence-electron chi connectivity index (χ1n) is 10.9. The highest BCUT2D eigenvalue weighted by Gasteiger charge is 2.16. The average Bonchev–Trinajstić information content (AvgIpc) is 3.26. The zero-order chi connectivity index (χ0) is 24.2. The molecule has 2 heterocycles. The Labute approximate surface area is 213 Å². The molecular formula is C26H26ClN3O2S2. The van der Waals surface area contributed by atoms with Gasteiger partial charge in [-0.05, 0) is 36.4 Å². The lowest BCUT2D eigenvalue weighted by Gasteiger charge is -2.20. The third kappa shape index (κ3) is 5.74. The molecule has 1 amide bonds. The Hall–Kier alpha value is -2.55. The molecule has 34 heavy (non-hydrogen) atoms. The van der Waals surface area contributed by atoms with E-state index in [0.29, 0.717) is 34.7 Å². The number of amides is 1. The van der Waals surface area contributed by atoms with Crippen LogP contribution in [0.2, 0.25) is 5.02 Å². The number of aryl methyl sites for hydroxylation is 1. The summed E-state index contributed by atoms with van der Waals surface area (Å²) in [6.07, 6.45) is 1.24. The molecule has 0 radical (unpaired) electrons. The normalized spacial score (nSPS) is 12.3. The van der Waals surface area contributed by atoms with Gasteiger partial charge in [-0.3, -0.25) is 9.69 Å². The van der Waals surface area contributed by atoms with Gasteiger partial charge in [-0.2, -0.15) is 0 Å². The second kappa shape index (κ2) is 10.8. The fourth-order valence-electron chi connectivity index (χ4n) is 3.84. The van der Waals surface area contributed by atoms with Gasteiger partial charge in [-0.1, -0.05) is 66.3 Å². The Kier molecular flexibility index (Phi) is 7.80. The van der Waals surface area contributed by atoms with Crippen LogP contribution in [-0.2, 0) is 20.1 Å². The van der Waals surface area contributed by atoms with Crippen molar-refractivity contribution in [2.24, 2.45) is 7.05 Å². The van der Waals surface area contributed by atoms with Crippen molar-refractivity contribution in [3.8, 4) is 0 Å². The summed E-state index contributed by atoms with van der Waals surface area (Å²) in [4.78, 5) is 17.1. The van der Waals surface area contributed by atoms with Crippen molar-refractivity contribution in [1.82, 2.24) is 14.8 Å². The summed E-state index contributed by atoms with van der Waals surface area (Å²) in [6, 6.07) is 19.1. The molecule has 0 fully saturated rings. The summed E-state index contributed by atoms with van der Waals surface area (Å²) in [6.45, 7) is 1.59. The Balaban J connectivity index is 1.48. The number of hydrogen-bond acceptors (Lipinski definition) is 5. The minimum Gasteiger partial charge on any atom is -0.387 e. The number of fused-ring (bicyclic) bond motifs is 1. The van der Waals surface area contributed by atoms with Crippen LogP contribution in [0.25, 0.3) is 10.2 Å². The number of nitrogens with one attached hydrogen (secondary N) is 1. The molecule has 4 aromatic rings. The van der Waals surface area contributed by atoms with E-state index < -0.39 is 6.10 Å². The number of nitrogens with zero attached hydrogens (tertiary/aromatic N) is 2. The molecule has 0 bridgehead atoms. The molecule has 176 valence electrons. The van der Waals surface area contributed by atoms with Gasteiger partial charge in [0.25, 0.3) is 5.91 Å². The van der Waals surface area contributed by atoms with Crippen molar-refractivity contribution in [1.29, 1.82) is 0 Å². The van der Waals surface area contributed by atoms with Crippen molar-refractivity contribution in [3.63, 3.8) is 0 Å². The van der Waals surface area contributed by atoms with Crippen molar-refractivity contribution in [2.75, 3.05) is 13.6 Å². The molecule has 5 nitrogen and oxygen atoms in total. The van der Waals surface area contributed by atoms with Gasteiger partial charge >= 0.3 is 0 Å². The van der Waals surface area contributed by atoms with Crippen LogP contribution in [0, 0.1) is 4.51 Å². The molecule has 0 aliphatic heterocycles. The zero-order valence-electron chi connectivity index (χ0n) is 19.0. The second-order valence-corrected chi connectivity index (χ2v) is 10.3. The van der Waals surface area contributed by atoms with Gasteiger partial charge in [-0.25, -0.2) is 0 Å². The van der Waals surface area contributed by atoms with Crippen molar-refractivity contribution in [3.05, 3.63) is 98.0 Å². The molecule has 0 aliphatic carbocycles. The standard InChI is InChI=1S/C26H26ClN3O2S2/c1-29(16-23(31)18-6-4-3-5-7-18)14-20-12-21-24(33)22(15-30(2)26(21)34-20)25(32)28-13-17-8-10-19(27)11-9-17/h3-12,15,23,31H,13-14,16H2,1-2H3,(H,28,32). The SMILES string of the molecule is CN(Cc1cc2c(=S)c(C(=O)NCc3ccc(Cl)cc3)cn(C)c2s1)CC(O)c1ccccc1. The number of hydrogen-bond donors (Lipinski definition) is 2. The highest BCUT2D eigenvalue weighted by atomic mass is 35.5. The van der Waals surface area contributed by atoms with Gasteiger partial charge in [0.15, 0.2) is 0 Å². The second-order valence-electron chi connectivity index (χ2n) is 8.35. The number of pyridine rings is 1. The quantitative estimate of drug-likeness (QED) is 0.297. The number of carbonyl (C=O) groups is 1. The number of aromatic nitrogens is 1. The van der Waals surface area contributed by atoms with Crippen LogP contribution < -0.4 is 5.32 Å². The molecule has 0 saturated heterocycles. The molecule has 2 aromatic heterocycles. The van der Waals surface area contributed by atoms with Crippen molar-refractivity contribution in [2.45, 2.75) is 19.2 Å². The summed E-state index contributed by atoms with van der Waals surface area (Å²) in [5, 5.41) is 15.0. The first kappa shape index (κ1) is 24.6. The van der Waals surface area contributed by atoms with E-state index >= 15 is 0 Å². The fraction of sp³-hybridized carbons (Fsp3) is 0.231. The van der Waals surface area contributed by atoms with Gasteiger partial charge in [0.1, 0.15) is 4.83 Å². The number of carbonyl (C=O) groups excluding carboxylic acids is 1. The molecule has 0 spiro atoms. The maximum atomic E-state index is 12.9. The number of benzene rings is 2. The summed E-state index contributed by atoms with van der Waals surface area (Å²) in [5.41, 5.74) is 2.35. The molecule has 2 aromatic carbocycles. The van der Waals surface area contributed by atoms with E-state index in [0.717, 1.165) is 26.2 Å². The molecule has 8 heteroatoms. The van der Waals surface area contributed by atoms with Crippen molar-refractivity contribution < 1.29 is 9.90 Å². The topological polar surface area (TPSA) is 57.5 Å². The summed E-state index contributed by atoms with van der Waals surface area (Å²) in [5.74, 6) is -0.201. The van der Waals surface area contributed by atoms with Gasteiger partial charge in [0.2, 0.25) is 0 Å². The molecule has 2 N–H and O–H groups in total. The molecule has 0 saturated carbocycles. The van der Waals surface area contributed by atoms with Gasteiger partial charge in [0, 0.05) is 48.2 Å². The third-order valence-electron chi connectivity index (χ3n) is 5.60. The van der Waals surface area contributed by atoms with E-state index in [9.17, 15) is 9.90 Å². The van der Waals surface area contributed by atoms with E-state index in [1.54, 1.807) is 29.7 Å². The molecule has 1 unspecified atom stereocenters. The molecular weight excluding hydrogens is 486 g/mol. The first-order valence-corrected chi connectivity index (χ1v) is 12.5. The van der Waals surface area contributed by atoms with E-state index in [2.05, 4.69) is 16.3 Å². The number of halogens is 1. The van der Waals surface area contributed by atoms with Crippen LogP contribution in [0.1, 0.15) is 32.5 Å². The lowest BCUT2D eigenvalue weighted by atomic mass is 10.1. The number of rotatable bonds is 8. The van der Waals surface area contributed by atoms with E-state index in [4.69, 9.17) is 23.8 Å². The summed E-state index contributed by atoms with van der Waals surface area (Å²) in [7, 11) is 3.91. The third-order valence-corrected chi connectivity index (χ3v) is 7.50. The minimum absolute atomic E-state index is 0.201. The Bertz CT molecular complexity index is 1350. The van der Waals surface area contributed by atoms with E-state index in [-0.39, 0.29) is 5.91 Å². The van der Waals surface area contributed by atoms with Gasteiger partial charge in [0.05, 0.1) is 16.2 Å². The van der Waals surface area contributed by atoms with E-state index in [1.807, 2.05) is 61.1 Å². The monoisotopic (exact) mass is 511 g/mol. The predicted octanol–water partition coefficient (Wildman–Crippen LogP) is 5.72. The zero-order valence-corrected chi connectivity index (χ0v) is 21.4. The maximum absolute atomic E-state index is 12.9. The van der Waals surface area contributed by atoms with Crippen LogP contribution in [0.15, 0.2) is 66.9 Å².